The molecule has 1 aliphatic rings. The molecule has 1 aromatic carbocycles. The molecule has 2 aromatic rings. The van der Waals surface area contributed by atoms with Gasteiger partial charge in [-0.3, -0.25) is 9.69 Å². The molecule has 2 N–H and O–H groups in total. The van der Waals surface area contributed by atoms with Crippen LogP contribution in [0.5, 0.6) is 0 Å². The SMILES string of the molecule is Cc1nc(CN2CCN(C(=O)C(C)(N)c3ccccc3)CC2)cs1. The summed E-state index contributed by atoms with van der Waals surface area (Å²) in [5.74, 6) is -0.00199. The van der Waals surface area contributed by atoms with E-state index in [2.05, 4.69) is 15.3 Å². The van der Waals surface area contributed by atoms with Crippen LogP contribution in [0.15, 0.2) is 35.7 Å². The molecule has 0 spiro atoms. The molecule has 1 saturated heterocycles. The van der Waals surface area contributed by atoms with Crippen LogP contribution in [0.4, 0.5) is 0 Å². The summed E-state index contributed by atoms with van der Waals surface area (Å²) in [6.45, 7) is 7.81. The van der Waals surface area contributed by atoms with Gasteiger partial charge < -0.3 is 10.6 Å². The lowest BCUT2D eigenvalue weighted by Crippen LogP contribution is -2.56. The van der Waals surface area contributed by atoms with Gasteiger partial charge in [0.2, 0.25) is 5.91 Å². The lowest BCUT2D eigenvalue weighted by atomic mass is 9.91. The van der Waals surface area contributed by atoms with Crippen LogP contribution in [0.1, 0.15) is 23.2 Å². The normalized spacial score (nSPS) is 18.4. The zero-order valence-electron chi connectivity index (χ0n) is 14.2. The standard InChI is InChI=1S/C18H24N4OS/c1-14-20-16(13-24-14)12-21-8-10-22(11-9-21)17(23)18(2,19)15-6-4-3-5-7-15/h3-7,13H,8-12,19H2,1-2H3. The predicted molar refractivity (Wildman–Crippen MR) is 96.7 cm³/mol. The Morgan fingerprint density at radius 2 is 1.92 bits per heavy atom. The lowest BCUT2D eigenvalue weighted by molar-refractivity contribution is -0.138. The van der Waals surface area contributed by atoms with Crippen LogP contribution in [0.2, 0.25) is 0 Å². The molecule has 24 heavy (non-hydrogen) atoms. The van der Waals surface area contributed by atoms with Gasteiger partial charge in [0.1, 0.15) is 5.54 Å². The smallest absolute Gasteiger partial charge is 0.247 e. The number of nitrogens with two attached hydrogens (primary N) is 1. The average Bonchev–Trinajstić information content (AvgIpc) is 3.00. The molecule has 1 amide bonds. The molecular weight excluding hydrogens is 320 g/mol. The van der Waals surface area contributed by atoms with Crippen molar-refractivity contribution in [1.82, 2.24) is 14.8 Å². The Kier molecular flexibility index (Phi) is 4.99. The van der Waals surface area contributed by atoms with E-state index in [0.29, 0.717) is 13.1 Å². The van der Waals surface area contributed by atoms with E-state index in [9.17, 15) is 4.79 Å². The summed E-state index contributed by atoms with van der Waals surface area (Å²) in [6.07, 6.45) is 0. The van der Waals surface area contributed by atoms with Gasteiger partial charge in [-0.2, -0.15) is 0 Å². The molecule has 3 rings (SSSR count). The van der Waals surface area contributed by atoms with E-state index in [4.69, 9.17) is 5.73 Å². The molecular formula is C18H24N4OS. The highest BCUT2D eigenvalue weighted by Gasteiger charge is 2.35. The second kappa shape index (κ2) is 7.01. The van der Waals surface area contributed by atoms with Crippen molar-refractivity contribution < 1.29 is 4.79 Å². The highest BCUT2D eigenvalue weighted by molar-refractivity contribution is 7.09. The molecule has 1 aliphatic heterocycles. The third-order valence-electron chi connectivity index (χ3n) is 4.53. The zero-order valence-corrected chi connectivity index (χ0v) is 15.1. The second-order valence-electron chi connectivity index (χ2n) is 6.49. The molecule has 1 fully saturated rings. The molecule has 6 heteroatoms. The first kappa shape index (κ1) is 17.1. The Morgan fingerprint density at radius 3 is 2.50 bits per heavy atom. The number of piperazine rings is 1. The van der Waals surface area contributed by atoms with Crippen molar-refractivity contribution in [3.05, 3.63) is 52.0 Å². The van der Waals surface area contributed by atoms with Gasteiger partial charge in [-0.25, -0.2) is 4.98 Å². The highest BCUT2D eigenvalue weighted by atomic mass is 32.1. The van der Waals surface area contributed by atoms with Crippen molar-refractivity contribution in [2.75, 3.05) is 26.2 Å². The van der Waals surface area contributed by atoms with Crippen molar-refractivity contribution in [2.24, 2.45) is 5.73 Å². The van der Waals surface area contributed by atoms with Crippen LogP contribution in [0.25, 0.3) is 0 Å². The second-order valence-corrected chi connectivity index (χ2v) is 7.56. The number of benzene rings is 1. The van der Waals surface area contributed by atoms with Gasteiger partial charge in [0, 0.05) is 38.1 Å². The van der Waals surface area contributed by atoms with Crippen molar-refractivity contribution in [1.29, 1.82) is 0 Å². The van der Waals surface area contributed by atoms with Gasteiger partial charge in [-0.1, -0.05) is 30.3 Å². The number of nitrogens with zero attached hydrogens (tertiary/aromatic N) is 3. The number of amides is 1. The number of rotatable bonds is 4. The van der Waals surface area contributed by atoms with Gasteiger partial charge in [0.25, 0.3) is 0 Å². The van der Waals surface area contributed by atoms with E-state index in [1.54, 1.807) is 18.3 Å². The van der Waals surface area contributed by atoms with Crippen LogP contribution in [-0.4, -0.2) is 46.9 Å². The minimum atomic E-state index is -0.977. The molecule has 1 atom stereocenters. The first-order valence-corrected chi connectivity index (χ1v) is 9.12. The molecule has 1 aromatic heterocycles. The summed E-state index contributed by atoms with van der Waals surface area (Å²) in [5, 5.41) is 3.21. The molecule has 128 valence electrons. The molecule has 0 bridgehead atoms. The minimum absolute atomic E-state index is 0.00199. The van der Waals surface area contributed by atoms with Crippen molar-refractivity contribution >= 4 is 17.2 Å². The lowest BCUT2D eigenvalue weighted by Gasteiger charge is -2.38. The van der Waals surface area contributed by atoms with Crippen molar-refractivity contribution in [2.45, 2.75) is 25.9 Å². The van der Waals surface area contributed by atoms with Gasteiger partial charge in [0.05, 0.1) is 10.7 Å². The maximum absolute atomic E-state index is 12.9. The number of carbonyl (C=O) groups is 1. The van der Waals surface area contributed by atoms with E-state index in [-0.39, 0.29) is 5.91 Å². The van der Waals surface area contributed by atoms with Gasteiger partial charge in [-0.15, -0.1) is 11.3 Å². The number of hydrogen-bond acceptors (Lipinski definition) is 5. The highest BCUT2D eigenvalue weighted by Crippen LogP contribution is 2.21. The number of aryl methyl sites for hydroxylation is 1. The monoisotopic (exact) mass is 344 g/mol. The van der Waals surface area contributed by atoms with E-state index < -0.39 is 5.54 Å². The maximum Gasteiger partial charge on any atom is 0.247 e. The fourth-order valence-electron chi connectivity index (χ4n) is 3.06. The zero-order chi connectivity index (χ0) is 17.2. The summed E-state index contributed by atoms with van der Waals surface area (Å²) in [4.78, 5) is 21.6. The topological polar surface area (TPSA) is 62.5 Å². The number of hydrogen-bond donors (Lipinski definition) is 1. The first-order valence-electron chi connectivity index (χ1n) is 8.24. The quantitative estimate of drug-likeness (QED) is 0.921. The van der Waals surface area contributed by atoms with Crippen LogP contribution in [-0.2, 0) is 16.9 Å². The third kappa shape index (κ3) is 3.66. The largest absolute Gasteiger partial charge is 0.338 e. The number of aromatic nitrogens is 1. The average molecular weight is 344 g/mol. The summed E-state index contributed by atoms with van der Waals surface area (Å²) in [5.41, 5.74) is 7.36. The summed E-state index contributed by atoms with van der Waals surface area (Å²) in [6, 6.07) is 9.60. The fourth-order valence-corrected chi connectivity index (χ4v) is 3.66. The summed E-state index contributed by atoms with van der Waals surface area (Å²) in [7, 11) is 0. The Morgan fingerprint density at radius 1 is 1.25 bits per heavy atom. The van der Waals surface area contributed by atoms with Crippen LogP contribution < -0.4 is 5.73 Å². The van der Waals surface area contributed by atoms with Gasteiger partial charge in [-0.05, 0) is 19.4 Å². The molecule has 1 unspecified atom stereocenters. The Hall–Kier alpha value is -1.76. The van der Waals surface area contributed by atoms with Gasteiger partial charge >= 0.3 is 0 Å². The van der Waals surface area contributed by atoms with E-state index in [1.165, 1.54) is 0 Å². The van der Waals surface area contributed by atoms with E-state index in [0.717, 1.165) is 35.9 Å². The first-order chi connectivity index (χ1) is 11.5. The third-order valence-corrected chi connectivity index (χ3v) is 5.35. The maximum atomic E-state index is 12.9. The van der Waals surface area contributed by atoms with Gasteiger partial charge in [0.15, 0.2) is 0 Å². The van der Waals surface area contributed by atoms with Crippen LogP contribution in [0, 0.1) is 6.92 Å². The van der Waals surface area contributed by atoms with Crippen molar-refractivity contribution in [3.63, 3.8) is 0 Å². The van der Waals surface area contributed by atoms with E-state index >= 15 is 0 Å². The molecule has 2 heterocycles. The molecule has 5 nitrogen and oxygen atoms in total. The van der Waals surface area contributed by atoms with Crippen LogP contribution >= 0.6 is 11.3 Å². The molecule has 0 radical (unpaired) electrons. The van der Waals surface area contributed by atoms with Crippen LogP contribution in [0.3, 0.4) is 0 Å². The minimum Gasteiger partial charge on any atom is -0.338 e. The molecule has 0 aliphatic carbocycles. The predicted octanol–water partition coefficient (Wildman–Crippen LogP) is 1.97. The van der Waals surface area contributed by atoms with E-state index in [1.807, 2.05) is 42.2 Å². The fraction of sp³-hybridized carbons (Fsp3) is 0.444. The van der Waals surface area contributed by atoms with Crippen molar-refractivity contribution in [3.8, 4) is 0 Å². The molecule has 0 saturated carbocycles. The summed E-state index contributed by atoms with van der Waals surface area (Å²) < 4.78 is 0. The number of carbonyl (C=O) groups excluding carboxylic acids is 1. The Bertz CT molecular complexity index is 690. The summed E-state index contributed by atoms with van der Waals surface area (Å²) >= 11 is 1.68. The Balaban J connectivity index is 1.59. The Labute approximate surface area is 147 Å². The number of thiazole rings is 1.